The quantitative estimate of drug-likeness (QED) is 0.428. The highest BCUT2D eigenvalue weighted by Crippen LogP contribution is 2.31. The van der Waals surface area contributed by atoms with E-state index in [0.29, 0.717) is 18.3 Å². The van der Waals surface area contributed by atoms with Gasteiger partial charge in [0.15, 0.2) is 0 Å². The fourth-order valence-electron chi connectivity index (χ4n) is 4.34. The Morgan fingerprint density at radius 2 is 2.03 bits per heavy atom. The lowest BCUT2D eigenvalue weighted by atomic mass is 10.1. The molecular weight excluding hydrogens is 454 g/mol. The van der Waals surface area contributed by atoms with Crippen LogP contribution in [-0.4, -0.2) is 54.3 Å². The van der Waals surface area contributed by atoms with E-state index in [0.717, 1.165) is 62.7 Å². The molecule has 3 aromatic rings. The zero-order valence-electron chi connectivity index (χ0n) is 20.4. The smallest absolute Gasteiger partial charge is 0.242 e. The fourth-order valence-corrected chi connectivity index (χ4v) is 4.34. The maximum absolute atomic E-state index is 9.52. The zero-order chi connectivity index (χ0) is 24.7. The van der Waals surface area contributed by atoms with Crippen LogP contribution >= 0.6 is 0 Å². The molecule has 5 rings (SSSR count). The molecule has 1 aromatic heterocycles. The number of benzene rings is 2. The maximum atomic E-state index is 9.52. The minimum absolute atomic E-state index is 0.212. The lowest BCUT2D eigenvalue weighted by Gasteiger charge is -2.26. The van der Waals surface area contributed by atoms with E-state index in [1.165, 1.54) is 17.3 Å². The van der Waals surface area contributed by atoms with Gasteiger partial charge in [0.2, 0.25) is 11.8 Å². The fraction of sp³-hybridized carbons (Fsp3) is 0.321. The molecule has 0 radical (unpaired) electrons. The Hall–Kier alpha value is -3.93. The molecule has 8 heteroatoms. The number of morpholine rings is 1. The number of hydrogen-bond acceptors (Lipinski definition) is 8. The molecule has 1 saturated heterocycles. The standard InChI is InChI=1S/C28H29N5O3/c1-20-14-21-6-7-26(16-22(21)15-20)36-27-23(18-29)19-30-28(32-27)31-24-4-2-5-25(17-24)35-11-3-8-33-9-12-34-13-10-33/h2,4-7,15-17,19H,3,8-14H2,1H3,(H,30,31,32). The third-order valence-electron chi connectivity index (χ3n) is 6.16. The zero-order valence-corrected chi connectivity index (χ0v) is 20.4. The number of rotatable bonds is 9. The van der Waals surface area contributed by atoms with Crippen molar-refractivity contribution in [2.24, 2.45) is 0 Å². The van der Waals surface area contributed by atoms with Gasteiger partial charge in [0.25, 0.3) is 0 Å². The van der Waals surface area contributed by atoms with Crippen LogP contribution in [0.1, 0.15) is 30.0 Å². The number of allylic oxidation sites excluding steroid dienone is 1. The molecule has 0 bridgehead atoms. The third-order valence-corrected chi connectivity index (χ3v) is 6.16. The van der Waals surface area contributed by atoms with Crippen LogP contribution in [0.2, 0.25) is 0 Å². The predicted octanol–water partition coefficient (Wildman–Crippen LogP) is 4.94. The van der Waals surface area contributed by atoms with Crippen LogP contribution in [0, 0.1) is 11.3 Å². The predicted molar refractivity (Wildman–Crippen MR) is 138 cm³/mol. The first-order chi connectivity index (χ1) is 17.7. The van der Waals surface area contributed by atoms with Crippen LogP contribution in [0.4, 0.5) is 11.6 Å². The van der Waals surface area contributed by atoms with E-state index in [9.17, 15) is 5.26 Å². The molecule has 2 aromatic carbocycles. The maximum Gasteiger partial charge on any atom is 0.242 e. The number of nitrogens with one attached hydrogen (secondary N) is 1. The molecule has 184 valence electrons. The van der Waals surface area contributed by atoms with Gasteiger partial charge in [-0.05, 0) is 55.2 Å². The summed E-state index contributed by atoms with van der Waals surface area (Å²) in [5, 5.41) is 12.7. The Labute approximate surface area is 211 Å². The molecular formula is C28H29N5O3. The van der Waals surface area contributed by atoms with Crippen molar-refractivity contribution in [2.75, 3.05) is 44.8 Å². The van der Waals surface area contributed by atoms with Crippen molar-refractivity contribution in [3.63, 3.8) is 0 Å². The lowest BCUT2D eigenvalue weighted by molar-refractivity contribution is 0.0358. The summed E-state index contributed by atoms with van der Waals surface area (Å²) in [7, 11) is 0. The molecule has 2 aliphatic rings. The first-order valence-corrected chi connectivity index (χ1v) is 12.2. The van der Waals surface area contributed by atoms with E-state index in [2.05, 4.69) is 45.3 Å². The first kappa shape index (κ1) is 23.8. The van der Waals surface area contributed by atoms with E-state index in [-0.39, 0.29) is 11.4 Å². The average Bonchev–Trinajstić information content (AvgIpc) is 3.27. The molecule has 1 fully saturated rings. The summed E-state index contributed by atoms with van der Waals surface area (Å²) < 4.78 is 17.3. The van der Waals surface area contributed by atoms with E-state index in [1.807, 2.05) is 36.4 Å². The largest absolute Gasteiger partial charge is 0.493 e. The second kappa shape index (κ2) is 11.2. The van der Waals surface area contributed by atoms with Gasteiger partial charge in [-0.15, -0.1) is 0 Å². The lowest BCUT2D eigenvalue weighted by Crippen LogP contribution is -2.37. The van der Waals surface area contributed by atoms with Crippen molar-refractivity contribution in [1.82, 2.24) is 14.9 Å². The van der Waals surface area contributed by atoms with Crippen molar-refractivity contribution >= 4 is 17.7 Å². The van der Waals surface area contributed by atoms with E-state index >= 15 is 0 Å². The van der Waals surface area contributed by atoms with E-state index in [4.69, 9.17) is 14.2 Å². The number of hydrogen-bond donors (Lipinski definition) is 1. The van der Waals surface area contributed by atoms with Gasteiger partial charge in [-0.25, -0.2) is 4.98 Å². The molecule has 0 unspecified atom stereocenters. The highest BCUT2D eigenvalue weighted by Gasteiger charge is 2.14. The Morgan fingerprint density at radius 3 is 2.89 bits per heavy atom. The van der Waals surface area contributed by atoms with Crippen molar-refractivity contribution in [1.29, 1.82) is 5.26 Å². The Kier molecular flexibility index (Phi) is 7.41. The molecule has 0 atom stereocenters. The molecule has 1 N–H and O–H groups in total. The molecule has 1 aliphatic carbocycles. The van der Waals surface area contributed by atoms with Gasteiger partial charge < -0.3 is 19.5 Å². The Bertz CT molecular complexity index is 1290. The van der Waals surface area contributed by atoms with Crippen molar-refractivity contribution < 1.29 is 14.2 Å². The SMILES string of the molecule is CC1=Cc2cc(Oc3nc(Nc4cccc(OCCCN5CCOCC5)c4)ncc3C#N)ccc2C1. The molecule has 2 heterocycles. The molecule has 36 heavy (non-hydrogen) atoms. The summed E-state index contributed by atoms with van der Waals surface area (Å²) in [5.74, 6) is 1.96. The van der Waals surface area contributed by atoms with Crippen LogP contribution in [0.3, 0.4) is 0 Å². The van der Waals surface area contributed by atoms with Crippen molar-refractivity contribution in [3.05, 3.63) is 70.9 Å². The van der Waals surface area contributed by atoms with Crippen molar-refractivity contribution in [2.45, 2.75) is 19.8 Å². The number of ether oxygens (including phenoxy) is 3. The van der Waals surface area contributed by atoms with Gasteiger partial charge >= 0.3 is 0 Å². The topological polar surface area (TPSA) is 92.5 Å². The summed E-state index contributed by atoms with van der Waals surface area (Å²) in [6.07, 6.45) is 5.53. The second-order valence-electron chi connectivity index (χ2n) is 8.96. The number of nitriles is 1. The van der Waals surface area contributed by atoms with Gasteiger partial charge in [0.05, 0.1) is 26.0 Å². The Morgan fingerprint density at radius 1 is 1.14 bits per heavy atom. The first-order valence-electron chi connectivity index (χ1n) is 12.2. The summed E-state index contributed by atoms with van der Waals surface area (Å²) in [6, 6.07) is 15.7. The highest BCUT2D eigenvalue weighted by atomic mass is 16.5. The monoisotopic (exact) mass is 483 g/mol. The number of nitrogens with zero attached hydrogens (tertiary/aromatic N) is 4. The molecule has 8 nitrogen and oxygen atoms in total. The van der Waals surface area contributed by atoms with Gasteiger partial charge in [-0.3, -0.25) is 4.90 Å². The van der Waals surface area contributed by atoms with Gasteiger partial charge in [-0.2, -0.15) is 10.2 Å². The molecule has 1 aliphatic heterocycles. The van der Waals surface area contributed by atoms with E-state index in [1.54, 1.807) is 0 Å². The van der Waals surface area contributed by atoms with Crippen LogP contribution in [0.15, 0.2) is 54.2 Å². The molecule has 0 saturated carbocycles. The molecule has 0 amide bonds. The van der Waals surface area contributed by atoms with Crippen molar-refractivity contribution in [3.8, 4) is 23.4 Å². The number of anilines is 2. The average molecular weight is 484 g/mol. The number of fused-ring (bicyclic) bond motifs is 1. The van der Waals surface area contributed by atoms with E-state index < -0.39 is 0 Å². The molecule has 0 spiro atoms. The number of aromatic nitrogens is 2. The van der Waals surface area contributed by atoms with Crippen LogP contribution < -0.4 is 14.8 Å². The van der Waals surface area contributed by atoms with Crippen LogP contribution in [-0.2, 0) is 11.2 Å². The van der Waals surface area contributed by atoms with Gasteiger partial charge in [0.1, 0.15) is 23.1 Å². The summed E-state index contributed by atoms with van der Waals surface area (Å²) in [5.41, 5.74) is 4.78. The van der Waals surface area contributed by atoms with Crippen LogP contribution in [0.5, 0.6) is 17.4 Å². The summed E-state index contributed by atoms with van der Waals surface area (Å²) >= 11 is 0. The van der Waals surface area contributed by atoms with Gasteiger partial charge in [0, 0.05) is 31.4 Å². The minimum atomic E-state index is 0.212. The van der Waals surface area contributed by atoms with Gasteiger partial charge in [-0.1, -0.05) is 23.8 Å². The Balaban J connectivity index is 1.22. The highest BCUT2D eigenvalue weighted by molar-refractivity contribution is 5.65. The summed E-state index contributed by atoms with van der Waals surface area (Å²) in [4.78, 5) is 11.1. The van der Waals surface area contributed by atoms with Crippen LogP contribution in [0.25, 0.3) is 6.08 Å². The third kappa shape index (κ3) is 6.00. The second-order valence-corrected chi connectivity index (χ2v) is 8.96. The minimum Gasteiger partial charge on any atom is -0.493 e. The summed E-state index contributed by atoms with van der Waals surface area (Å²) in [6.45, 7) is 7.34. The normalized spacial score (nSPS) is 15.1.